The van der Waals surface area contributed by atoms with Crippen LogP contribution in [0, 0.1) is 0 Å². The van der Waals surface area contributed by atoms with Crippen LogP contribution in [0.15, 0.2) is 54.6 Å². The molecule has 0 spiro atoms. The van der Waals surface area contributed by atoms with Gasteiger partial charge in [0.25, 0.3) is 0 Å². The molecule has 2 aromatic carbocycles. The van der Waals surface area contributed by atoms with Crippen LogP contribution in [0.4, 0.5) is 5.82 Å². The number of carbonyl (C=O) groups is 1. The van der Waals surface area contributed by atoms with Crippen LogP contribution in [0.25, 0.3) is 21.9 Å². The van der Waals surface area contributed by atoms with E-state index in [9.17, 15) is 4.79 Å². The highest BCUT2D eigenvalue weighted by atomic mass is 16.5. The molecule has 1 amide bonds. The molecule has 2 aromatic heterocycles. The van der Waals surface area contributed by atoms with Crippen molar-refractivity contribution in [2.24, 2.45) is 0 Å². The lowest BCUT2D eigenvalue weighted by atomic mass is 10.1. The number of para-hydroxylation sites is 1. The van der Waals surface area contributed by atoms with Gasteiger partial charge in [-0.15, -0.1) is 0 Å². The quantitative estimate of drug-likeness (QED) is 0.503. The number of nitrogens with one attached hydrogen (secondary N) is 1. The maximum Gasteiger partial charge on any atom is 0.230 e. The van der Waals surface area contributed by atoms with Gasteiger partial charge in [0.1, 0.15) is 5.75 Å². The van der Waals surface area contributed by atoms with Gasteiger partial charge in [0.05, 0.1) is 24.4 Å². The van der Waals surface area contributed by atoms with Crippen LogP contribution in [0.2, 0.25) is 0 Å². The standard InChI is InChI=1S/C23H24N4O2/c1-3-4-13-27-23-19(15-17-7-5-6-8-20(17)24-23)22(26-27)25-21(28)14-16-9-11-18(29-2)12-10-16/h5-12,15H,3-4,13-14H2,1-2H3,(H,25,26,28). The fourth-order valence-electron chi connectivity index (χ4n) is 3.36. The number of hydrogen-bond donors (Lipinski definition) is 1. The molecule has 6 heteroatoms. The van der Waals surface area contributed by atoms with Crippen LogP contribution in [-0.2, 0) is 17.8 Å². The third-order valence-electron chi connectivity index (χ3n) is 4.93. The molecule has 2 heterocycles. The Bertz CT molecular complexity index is 1150. The maximum atomic E-state index is 12.7. The van der Waals surface area contributed by atoms with E-state index in [0.717, 1.165) is 52.6 Å². The van der Waals surface area contributed by atoms with Crippen LogP contribution in [0.1, 0.15) is 25.3 Å². The first-order valence-electron chi connectivity index (χ1n) is 9.87. The van der Waals surface area contributed by atoms with E-state index in [1.54, 1.807) is 7.11 Å². The van der Waals surface area contributed by atoms with Crippen molar-refractivity contribution in [1.82, 2.24) is 14.8 Å². The highest BCUT2D eigenvalue weighted by molar-refractivity contribution is 6.03. The lowest BCUT2D eigenvalue weighted by Gasteiger charge is -2.05. The summed E-state index contributed by atoms with van der Waals surface area (Å²) < 4.78 is 7.06. The van der Waals surface area contributed by atoms with Gasteiger partial charge in [-0.3, -0.25) is 4.79 Å². The zero-order valence-electron chi connectivity index (χ0n) is 16.7. The molecule has 29 heavy (non-hydrogen) atoms. The molecule has 0 aliphatic heterocycles. The van der Waals surface area contributed by atoms with Gasteiger partial charge in [-0.2, -0.15) is 5.10 Å². The minimum Gasteiger partial charge on any atom is -0.497 e. The van der Waals surface area contributed by atoms with Crippen LogP contribution in [0.5, 0.6) is 5.75 Å². The zero-order valence-corrected chi connectivity index (χ0v) is 16.7. The van der Waals surface area contributed by atoms with Gasteiger partial charge in [-0.05, 0) is 36.2 Å². The van der Waals surface area contributed by atoms with Gasteiger partial charge in [0.2, 0.25) is 5.91 Å². The van der Waals surface area contributed by atoms with Gasteiger partial charge < -0.3 is 10.1 Å². The number of carbonyl (C=O) groups excluding carboxylic acids is 1. The smallest absolute Gasteiger partial charge is 0.230 e. The van der Waals surface area contributed by atoms with Gasteiger partial charge >= 0.3 is 0 Å². The number of aryl methyl sites for hydroxylation is 1. The third kappa shape index (κ3) is 4.06. The average Bonchev–Trinajstić information content (AvgIpc) is 3.07. The normalized spacial score (nSPS) is 11.1. The number of unbranched alkanes of at least 4 members (excludes halogenated alkanes) is 1. The first kappa shape index (κ1) is 18.9. The molecule has 0 unspecified atom stereocenters. The van der Waals surface area contributed by atoms with E-state index < -0.39 is 0 Å². The number of amides is 1. The van der Waals surface area contributed by atoms with Crippen LogP contribution in [0.3, 0.4) is 0 Å². The minimum atomic E-state index is -0.106. The Balaban J connectivity index is 1.64. The molecule has 0 atom stereocenters. The molecule has 0 aliphatic carbocycles. The number of hydrogen-bond acceptors (Lipinski definition) is 4. The van der Waals surface area contributed by atoms with E-state index in [1.165, 1.54) is 0 Å². The number of rotatable bonds is 7. The summed E-state index contributed by atoms with van der Waals surface area (Å²) in [5, 5.41) is 9.53. The topological polar surface area (TPSA) is 69.0 Å². The summed E-state index contributed by atoms with van der Waals surface area (Å²) in [6.07, 6.45) is 2.34. The van der Waals surface area contributed by atoms with Gasteiger partial charge in [-0.1, -0.05) is 43.7 Å². The Morgan fingerprint density at radius 3 is 2.69 bits per heavy atom. The van der Waals surface area contributed by atoms with E-state index in [1.807, 2.05) is 53.2 Å². The molecule has 6 nitrogen and oxygen atoms in total. The van der Waals surface area contributed by atoms with Crippen molar-refractivity contribution in [2.45, 2.75) is 32.7 Å². The highest BCUT2D eigenvalue weighted by Crippen LogP contribution is 2.26. The van der Waals surface area contributed by atoms with E-state index in [2.05, 4.69) is 23.4 Å². The summed E-state index contributed by atoms with van der Waals surface area (Å²) in [4.78, 5) is 17.5. The van der Waals surface area contributed by atoms with Crippen molar-refractivity contribution in [3.8, 4) is 5.75 Å². The molecule has 148 valence electrons. The van der Waals surface area contributed by atoms with Crippen LogP contribution < -0.4 is 10.1 Å². The summed E-state index contributed by atoms with van der Waals surface area (Å²) in [6, 6.07) is 17.5. The number of methoxy groups -OCH3 is 1. The summed E-state index contributed by atoms with van der Waals surface area (Å²) >= 11 is 0. The number of pyridine rings is 1. The molecule has 1 N–H and O–H groups in total. The zero-order chi connectivity index (χ0) is 20.2. The number of anilines is 1. The predicted molar refractivity (Wildman–Crippen MR) is 115 cm³/mol. The van der Waals surface area contributed by atoms with Crippen LogP contribution >= 0.6 is 0 Å². The van der Waals surface area contributed by atoms with E-state index in [-0.39, 0.29) is 12.3 Å². The number of nitrogens with zero attached hydrogens (tertiary/aromatic N) is 3. The Morgan fingerprint density at radius 1 is 1.14 bits per heavy atom. The van der Waals surface area contributed by atoms with Gasteiger partial charge in [0.15, 0.2) is 11.5 Å². The molecule has 4 aromatic rings. The lowest BCUT2D eigenvalue weighted by Crippen LogP contribution is -2.15. The molecule has 4 rings (SSSR count). The van der Waals surface area contributed by atoms with Crippen LogP contribution in [-0.4, -0.2) is 27.8 Å². The second kappa shape index (κ2) is 8.31. The molecule has 0 bridgehead atoms. The average molecular weight is 388 g/mol. The van der Waals surface area contributed by atoms with Crippen molar-refractivity contribution in [3.63, 3.8) is 0 Å². The SMILES string of the molecule is CCCCn1nc(NC(=O)Cc2ccc(OC)cc2)c2cc3ccccc3nc21. The molecule has 0 fully saturated rings. The molecule has 0 saturated carbocycles. The molecule has 0 aliphatic rings. The fourth-order valence-corrected chi connectivity index (χ4v) is 3.36. The highest BCUT2D eigenvalue weighted by Gasteiger charge is 2.15. The third-order valence-corrected chi connectivity index (χ3v) is 4.93. The number of fused-ring (bicyclic) bond motifs is 2. The Kier molecular flexibility index (Phi) is 5.42. The fraction of sp³-hybridized carbons (Fsp3) is 0.261. The largest absolute Gasteiger partial charge is 0.497 e. The number of ether oxygens (including phenoxy) is 1. The summed E-state index contributed by atoms with van der Waals surface area (Å²) in [6.45, 7) is 2.92. The second-order valence-electron chi connectivity index (χ2n) is 7.05. The van der Waals surface area contributed by atoms with Crippen molar-refractivity contribution in [1.29, 1.82) is 0 Å². The molecule has 0 saturated heterocycles. The molecular weight excluding hydrogens is 364 g/mol. The van der Waals surface area contributed by atoms with Crippen molar-refractivity contribution >= 4 is 33.7 Å². The summed E-state index contributed by atoms with van der Waals surface area (Å²) in [7, 11) is 1.62. The van der Waals surface area contributed by atoms with Gasteiger partial charge in [-0.25, -0.2) is 9.67 Å². The molecular formula is C23H24N4O2. The monoisotopic (exact) mass is 388 g/mol. The Hall–Kier alpha value is -3.41. The van der Waals surface area contributed by atoms with Crippen molar-refractivity contribution < 1.29 is 9.53 Å². The molecule has 0 radical (unpaired) electrons. The minimum absolute atomic E-state index is 0.106. The second-order valence-corrected chi connectivity index (χ2v) is 7.05. The first-order valence-corrected chi connectivity index (χ1v) is 9.87. The van der Waals surface area contributed by atoms with Gasteiger partial charge in [0, 0.05) is 11.9 Å². The van der Waals surface area contributed by atoms with Crippen molar-refractivity contribution in [3.05, 3.63) is 60.2 Å². The Labute approximate surface area is 169 Å². The predicted octanol–water partition coefficient (Wildman–Crippen LogP) is 4.57. The Morgan fingerprint density at radius 2 is 1.93 bits per heavy atom. The number of aromatic nitrogens is 3. The van der Waals surface area contributed by atoms with E-state index in [4.69, 9.17) is 9.72 Å². The summed E-state index contributed by atoms with van der Waals surface area (Å²) in [5.74, 6) is 1.23. The number of benzene rings is 2. The maximum absolute atomic E-state index is 12.7. The van der Waals surface area contributed by atoms with Crippen molar-refractivity contribution in [2.75, 3.05) is 12.4 Å². The first-order chi connectivity index (χ1) is 14.2. The summed E-state index contributed by atoms with van der Waals surface area (Å²) in [5.41, 5.74) is 2.65. The van der Waals surface area contributed by atoms with E-state index in [0.29, 0.717) is 5.82 Å². The van der Waals surface area contributed by atoms with E-state index >= 15 is 0 Å². The lowest BCUT2D eigenvalue weighted by molar-refractivity contribution is -0.115.